The van der Waals surface area contributed by atoms with Crippen molar-refractivity contribution in [3.05, 3.63) is 0 Å². The molecule has 0 spiro atoms. The van der Waals surface area contributed by atoms with Crippen LogP contribution in [-0.4, -0.2) is 36.9 Å². The van der Waals surface area contributed by atoms with Gasteiger partial charge in [0.2, 0.25) is 0 Å². The topological polar surface area (TPSA) is 72.8 Å². The van der Waals surface area contributed by atoms with Crippen LogP contribution in [0, 0.1) is 5.92 Å². The summed E-state index contributed by atoms with van der Waals surface area (Å²) in [6.45, 7) is 0. The Labute approximate surface area is 94.7 Å². The zero-order valence-corrected chi connectivity index (χ0v) is 9.69. The molecule has 0 unspecified atom stereocenters. The summed E-state index contributed by atoms with van der Waals surface area (Å²) in [5.41, 5.74) is -0.924. The molecule has 1 aliphatic carbocycles. The van der Waals surface area contributed by atoms with Crippen molar-refractivity contribution >= 4 is 11.9 Å². The van der Waals surface area contributed by atoms with Gasteiger partial charge < -0.3 is 14.6 Å². The molecule has 0 aromatic carbocycles. The fraction of sp³-hybridized carbons (Fsp3) is 0.818. The molecule has 0 aromatic rings. The van der Waals surface area contributed by atoms with Crippen LogP contribution in [0.1, 0.15) is 32.1 Å². The van der Waals surface area contributed by atoms with Gasteiger partial charge in [0.05, 0.1) is 19.8 Å². The van der Waals surface area contributed by atoms with Crippen LogP contribution in [0.4, 0.5) is 0 Å². The van der Waals surface area contributed by atoms with E-state index in [0.29, 0.717) is 12.8 Å². The van der Waals surface area contributed by atoms with Gasteiger partial charge in [0, 0.05) is 6.42 Å². The summed E-state index contributed by atoms with van der Waals surface area (Å²) in [5, 5.41) is 10.1. The fourth-order valence-corrected chi connectivity index (χ4v) is 2.16. The lowest BCUT2D eigenvalue weighted by molar-refractivity contribution is -0.162. The van der Waals surface area contributed by atoms with Crippen molar-refractivity contribution in [2.45, 2.75) is 37.7 Å². The van der Waals surface area contributed by atoms with E-state index < -0.39 is 23.5 Å². The molecule has 92 valence electrons. The zero-order valence-electron chi connectivity index (χ0n) is 9.69. The second kappa shape index (κ2) is 5.30. The zero-order chi connectivity index (χ0) is 12.2. The van der Waals surface area contributed by atoms with Crippen molar-refractivity contribution in [3.8, 4) is 0 Å². The molecule has 5 heteroatoms. The van der Waals surface area contributed by atoms with Gasteiger partial charge in [-0.25, -0.2) is 0 Å². The summed E-state index contributed by atoms with van der Waals surface area (Å²) in [7, 11) is 2.44. The minimum atomic E-state index is -1.02. The molecule has 0 aliphatic heterocycles. The number of rotatable bonds is 4. The van der Waals surface area contributed by atoms with Crippen molar-refractivity contribution in [2.75, 3.05) is 14.2 Å². The molecule has 1 rings (SSSR count). The molecule has 5 nitrogen and oxygen atoms in total. The number of methoxy groups -OCH3 is 2. The van der Waals surface area contributed by atoms with E-state index >= 15 is 0 Å². The van der Waals surface area contributed by atoms with Gasteiger partial charge >= 0.3 is 11.9 Å². The summed E-state index contributed by atoms with van der Waals surface area (Å²) < 4.78 is 9.08. The number of ether oxygens (including phenoxy) is 2. The number of aliphatic hydroxyl groups is 1. The molecule has 0 atom stereocenters. The van der Waals surface area contributed by atoms with Gasteiger partial charge in [0.1, 0.15) is 0 Å². The van der Waals surface area contributed by atoms with Gasteiger partial charge in [-0.05, 0) is 12.8 Å². The monoisotopic (exact) mass is 230 g/mol. The van der Waals surface area contributed by atoms with Crippen molar-refractivity contribution < 1.29 is 24.2 Å². The Morgan fingerprint density at radius 1 is 1.19 bits per heavy atom. The maximum Gasteiger partial charge on any atom is 0.320 e. The second-order valence-electron chi connectivity index (χ2n) is 4.23. The molecule has 1 saturated carbocycles. The highest BCUT2D eigenvalue weighted by molar-refractivity contribution is 5.94. The van der Waals surface area contributed by atoms with Gasteiger partial charge in [-0.3, -0.25) is 9.59 Å². The van der Waals surface area contributed by atoms with Gasteiger partial charge in [0.15, 0.2) is 5.92 Å². The minimum Gasteiger partial charge on any atom is -0.468 e. The predicted octanol–water partition coefficient (Wildman–Crippen LogP) is 0.644. The molecular weight excluding hydrogens is 212 g/mol. The molecule has 0 saturated heterocycles. The lowest BCUT2D eigenvalue weighted by Gasteiger charge is -2.25. The number of carbonyl (C=O) groups excluding carboxylic acids is 2. The summed E-state index contributed by atoms with van der Waals surface area (Å²) in [6.07, 6.45) is 3.18. The van der Waals surface area contributed by atoms with Crippen LogP contribution in [0.25, 0.3) is 0 Å². The van der Waals surface area contributed by atoms with Crippen LogP contribution in [0.15, 0.2) is 0 Å². The van der Waals surface area contributed by atoms with Crippen molar-refractivity contribution in [1.29, 1.82) is 0 Å². The average Bonchev–Trinajstić information content (AvgIpc) is 2.71. The second-order valence-corrected chi connectivity index (χ2v) is 4.23. The Morgan fingerprint density at radius 3 is 2.00 bits per heavy atom. The Hall–Kier alpha value is -1.10. The van der Waals surface area contributed by atoms with Gasteiger partial charge in [0.25, 0.3) is 0 Å². The van der Waals surface area contributed by atoms with Crippen molar-refractivity contribution in [1.82, 2.24) is 0 Å². The van der Waals surface area contributed by atoms with Gasteiger partial charge in [-0.2, -0.15) is 0 Å². The fourth-order valence-electron chi connectivity index (χ4n) is 2.16. The smallest absolute Gasteiger partial charge is 0.320 e. The van der Waals surface area contributed by atoms with Crippen LogP contribution in [0.3, 0.4) is 0 Å². The summed E-state index contributed by atoms with van der Waals surface area (Å²) >= 11 is 0. The third kappa shape index (κ3) is 2.95. The number of hydrogen-bond acceptors (Lipinski definition) is 5. The highest BCUT2D eigenvalue weighted by Crippen LogP contribution is 2.35. The Bertz CT molecular complexity index is 252. The van der Waals surface area contributed by atoms with Crippen LogP contribution in [0.2, 0.25) is 0 Å². The van der Waals surface area contributed by atoms with E-state index in [9.17, 15) is 14.7 Å². The Morgan fingerprint density at radius 2 is 1.62 bits per heavy atom. The largest absolute Gasteiger partial charge is 0.468 e. The lowest BCUT2D eigenvalue weighted by atomic mass is 9.89. The number of carbonyl (C=O) groups is 2. The molecule has 1 fully saturated rings. The van der Waals surface area contributed by atoms with Crippen LogP contribution in [-0.2, 0) is 19.1 Å². The third-order valence-corrected chi connectivity index (χ3v) is 3.09. The molecule has 0 aromatic heterocycles. The van der Waals surface area contributed by atoms with Crippen LogP contribution in [0.5, 0.6) is 0 Å². The predicted molar refractivity (Wildman–Crippen MR) is 55.6 cm³/mol. The van der Waals surface area contributed by atoms with Crippen LogP contribution >= 0.6 is 0 Å². The average molecular weight is 230 g/mol. The minimum absolute atomic E-state index is 0.0896. The van der Waals surface area contributed by atoms with E-state index in [1.807, 2.05) is 0 Å². The van der Waals surface area contributed by atoms with E-state index in [2.05, 4.69) is 9.47 Å². The summed E-state index contributed by atoms with van der Waals surface area (Å²) in [4.78, 5) is 22.8. The maximum absolute atomic E-state index is 11.4. The number of esters is 2. The van der Waals surface area contributed by atoms with Crippen molar-refractivity contribution in [2.24, 2.45) is 5.92 Å². The Kier molecular flexibility index (Phi) is 4.29. The summed E-state index contributed by atoms with van der Waals surface area (Å²) in [6, 6.07) is 0. The van der Waals surface area contributed by atoms with E-state index in [1.54, 1.807) is 0 Å². The molecule has 0 heterocycles. The molecular formula is C11H18O5. The first kappa shape index (κ1) is 13.0. The molecule has 0 amide bonds. The maximum atomic E-state index is 11.4. The molecule has 0 radical (unpaired) electrons. The van der Waals surface area contributed by atoms with Crippen LogP contribution < -0.4 is 0 Å². The first-order valence-corrected chi connectivity index (χ1v) is 5.40. The normalized spacial score (nSPS) is 18.5. The quantitative estimate of drug-likeness (QED) is 0.567. The highest BCUT2D eigenvalue weighted by atomic mass is 16.5. The highest BCUT2D eigenvalue weighted by Gasteiger charge is 2.40. The standard InChI is InChI=1S/C11H18O5/c1-15-9(12)8(10(13)16-2)7-11(14)5-3-4-6-11/h8,14H,3-7H2,1-2H3. The first-order chi connectivity index (χ1) is 7.52. The first-order valence-electron chi connectivity index (χ1n) is 5.40. The van der Waals surface area contributed by atoms with E-state index in [0.717, 1.165) is 12.8 Å². The summed E-state index contributed by atoms with van der Waals surface area (Å²) in [5.74, 6) is -2.31. The van der Waals surface area contributed by atoms with Crippen molar-refractivity contribution in [3.63, 3.8) is 0 Å². The third-order valence-electron chi connectivity index (χ3n) is 3.09. The Balaban J connectivity index is 2.70. The molecule has 1 N–H and O–H groups in total. The van der Waals surface area contributed by atoms with E-state index in [-0.39, 0.29) is 6.42 Å². The molecule has 1 aliphatic rings. The lowest BCUT2D eigenvalue weighted by Crippen LogP contribution is -2.36. The molecule has 16 heavy (non-hydrogen) atoms. The SMILES string of the molecule is COC(=O)C(CC1(O)CCCC1)C(=O)OC. The molecule has 0 bridgehead atoms. The number of hydrogen-bond donors (Lipinski definition) is 1. The van der Waals surface area contributed by atoms with E-state index in [4.69, 9.17) is 0 Å². The van der Waals surface area contributed by atoms with Gasteiger partial charge in [-0.15, -0.1) is 0 Å². The van der Waals surface area contributed by atoms with Gasteiger partial charge in [-0.1, -0.05) is 12.8 Å². The van der Waals surface area contributed by atoms with E-state index in [1.165, 1.54) is 14.2 Å².